The van der Waals surface area contributed by atoms with Gasteiger partial charge in [-0.05, 0) is 81.0 Å². The molecule has 0 spiro atoms. The Morgan fingerprint density at radius 2 is 1.50 bits per heavy atom. The third kappa shape index (κ3) is 11.8. The number of aliphatic hydroxyl groups excluding tert-OH is 3. The third-order valence-corrected chi connectivity index (χ3v) is 14.6. The first-order valence-electron chi connectivity index (χ1n) is 23.7. The zero-order valence-corrected chi connectivity index (χ0v) is 42.5. The van der Waals surface area contributed by atoms with Gasteiger partial charge in [0.05, 0.1) is 67.6 Å². The van der Waals surface area contributed by atoms with Crippen LogP contribution < -0.4 is 15.1 Å². The molecule has 19 nitrogen and oxygen atoms in total. The number of aliphatic hydroxyl groups is 5. The average Bonchev–Trinajstić information content (AvgIpc) is 3.28. The van der Waals surface area contributed by atoms with Crippen LogP contribution in [0, 0.1) is 23.7 Å². The van der Waals surface area contributed by atoms with Crippen LogP contribution in [-0.2, 0) is 44.7 Å². The molecule has 18 atom stereocenters. The lowest BCUT2D eigenvalue weighted by molar-refractivity contribution is -0.317. The highest BCUT2D eigenvalue weighted by molar-refractivity contribution is 5.89. The SMILES string of the molecule is CC[C@H]1OC(=O)[C@H](C)[C@@H](O[C@H]2C[C@@](C)(OC)[C@@H](O)[C@H](C)O2)[C@H](C)[C@@H](O[C@@H]2O[C@H](C)C[C@H](N(C)C)[C@H]2O)[C@](C)(O)C[C@@H](C)/C(=N\OCc2cc(=O)oc3cc(OC)c(OC)cc23)[C@H](C)[C@@H](O)[C@]1(C)O. The van der Waals surface area contributed by atoms with Crippen LogP contribution in [0.4, 0.5) is 0 Å². The van der Waals surface area contributed by atoms with E-state index in [9.17, 15) is 35.1 Å². The average molecular weight is 967 g/mol. The molecule has 1 aromatic heterocycles. The number of oxime groups is 1. The predicted molar refractivity (Wildman–Crippen MR) is 249 cm³/mol. The van der Waals surface area contributed by atoms with Crippen molar-refractivity contribution < 1.29 is 77.5 Å². The van der Waals surface area contributed by atoms with Crippen LogP contribution in [-0.4, -0.2) is 162 Å². The van der Waals surface area contributed by atoms with E-state index >= 15 is 0 Å². The van der Waals surface area contributed by atoms with Crippen molar-refractivity contribution in [1.82, 2.24) is 4.90 Å². The van der Waals surface area contributed by atoms with Gasteiger partial charge in [-0.2, -0.15) is 0 Å². The summed E-state index contributed by atoms with van der Waals surface area (Å²) in [5.74, 6) is -3.78. The predicted octanol–water partition coefficient (Wildman–Crippen LogP) is 3.91. The molecule has 0 amide bonds. The summed E-state index contributed by atoms with van der Waals surface area (Å²) in [5, 5.41) is 65.2. The van der Waals surface area contributed by atoms with E-state index in [0.717, 1.165) is 0 Å². The van der Waals surface area contributed by atoms with Gasteiger partial charge in [-0.25, -0.2) is 4.79 Å². The van der Waals surface area contributed by atoms with Crippen molar-refractivity contribution in [2.45, 2.75) is 186 Å². The van der Waals surface area contributed by atoms with Crippen molar-refractivity contribution in [3.05, 3.63) is 34.2 Å². The summed E-state index contributed by atoms with van der Waals surface area (Å²) < 4.78 is 54.3. The maximum absolute atomic E-state index is 14.5. The van der Waals surface area contributed by atoms with Crippen LogP contribution in [0.15, 0.2) is 32.6 Å². The molecule has 3 saturated heterocycles. The second-order valence-corrected chi connectivity index (χ2v) is 20.2. The molecule has 1 aromatic carbocycles. The monoisotopic (exact) mass is 967 g/mol. The second-order valence-electron chi connectivity index (χ2n) is 20.2. The maximum atomic E-state index is 14.5. The molecular formula is C49H78N2O17. The highest BCUT2D eigenvalue weighted by Gasteiger charge is 2.53. The lowest BCUT2D eigenvalue weighted by Crippen LogP contribution is -2.61. The number of ether oxygens (including phenoxy) is 8. The Hall–Kier alpha value is -3.47. The van der Waals surface area contributed by atoms with Gasteiger partial charge >= 0.3 is 11.6 Å². The van der Waals surface area contributed by atoms with Crippen molar-refractivity contribution in [2.75, 3.05) is 35.4 Å². The summed E-state index contributed by atoms with van der Waals surface area (Å²) in [6.07, 6.45) is -10.2. The third-order valence-electron chi connectivity index (χ3n) is 14.6. The van der Waals surface area contributed by atoms with Crippen molar-refractivity contribution in [1.29, 1.82) is 0 Å². The van der Waals surface area contributed by atoms with Gasteiger partial charge in [-0.3, -0.25) is 4.79 Å². The van der Waals surface area contributed by atoms with Crippen LogP contribution in [0.3, 0.4) is 0 Å². The standard InChI is InChI=1S/C49H78N2O17/c1-16-36-49(10,58)42(54)26(4)39(50-62-23-30-18-37(52)65-33-20-35(60-14)34(59-13)19-31(30)33)24(2)21-47(8,57)44(68-46-40(53)32(51(11)12)17-25(3)63-46)27(5)41(28(6)45(56)66-36)67-38-22-48(9,61-15)43(55)29(7)64-38/h18-20,24-29,32,36,38,40-44,46,53-55,57-58H,16-17,21-23H2,1-15H3/b50-39+/t24-,25-,26+,27+,28-,29+,32+,36-,38+,40-,41+,42-,43+,44-,46+,47-,48-,49-/m1/s1. The lowest BCUT2D eigenvalue weighted by Gasteiger charge is -2.49. The molecule has 0 saturated carbocycles. The highest BCUT2D eigenvalue weighted by atomic mass is 16.7. The van der Waals surface area contributed by atoms with E-state index in [2.05, 4.69) is 5.16 Å². The first-order chi connectivity index (χ1) is 31.7. The normalized spacial score (nSPS) is 40.8. The first kappa shape index (κ1) is 55.5. The molecule has 0 unspecified atom stereocenters. The Kier molecular flexibility index (Phi) is 18.2. The quantitative estimate of drug-likeness (QED) is 0.115. The summed E-state index contributed by atoms with van der Waals surface area (Å²) >= 11 is 0. The number of benzene rings is 1. The molecule has 68 heavy (non-hydrogen) atoms. The minimum absolute atomic E-state index is 0.0625. The summed E-state index contributed by atoms with van der Waals surface area (Å²) in [6, 6.07) is 4.07. The number of carbonyl (C=O) groups excluding carboxylic acids is 1. The van der Waals surface area contributed by atoms with E-state index in [1.807, 2.05) is 25.9 Å². The fraction of sp³-hybridized carbons (Fsp3) is 0.776. The molecule has 0 radical (unpaired) electrons. The number of nitrogens with zero attached hydrogens (tertiary/aromatic N) is 2. The molecule has 386 valence electrons. The van der Waals surface area contributed by atoms with Crippen LogP contribution >= 0.6 is 0 Å². The van der Waals surface area contributed by atoms with Gasteiger partial charge in [0.15, 0.2) is 24.1 Å². The summed E-state index contributed by atoms with van der Waals surface area (Å²) in [4.78, 5) is 35.2. The molecule has 3 aliphatic rings. The minimum Gasteiger partial charge on any atom is -0.493 e. The molecular weight excluding hydrogens is 889 g/mol. The Morgan fingerprint density at radius 3 is 2.10 bits per heavy atom. The van der Waals surface area contributed by atoms with Gasteiger partial charge in [0.1, 0.15) is 36.1 Å². The van der Waals surface area contributed by atoms with E-state index in [0.29, 0.717) is 28.9 Å². The molecule has 2 aromatic rings. The number of methoxy groups -OCH3 is 3. The Morgan fingerprint density at radius 1 is 0.853 bits per heavy atom. The maximum Gasteiger partial charge on any atom is 0.336 e. The van der Waals surface area contributed by atoms with Crippen LogP contribution in [0.1, 0.15) is 100 Å². The van der Waals surface area contributed by atoms with Crippen LogP contribution in [0.25, 0.3) is 11.0 Å². The topological polar surface area (TPSA) is 247 Å². The van der Waals surface area contributed by atoms with E-state index in [-0.39, 0.29) is 49.3 Å². The molecule has 4 heterocycles. The number of hydrogen-bond acceptors (Lipinski definition) is 19. The molecule has 3 fully saturated rings. The van der Waals surface area contributed by atoms with Crippen molar-refractivity contribution in [3.8, 4) is 11.5 Å². The Balaban J connectivity index is 1.64. The van der Waals surface area contributed by atoms with Crippen LogP contribution in [0.2, 0.25) is 0 Å². The highest BCUT2D eigenvalue weighted by Crippen LogP contribution is 2.41. The van der Waals surface area contributed by atoms with Crippen LogP contribution in [0.5, 0.6) is 11.5 Å². The number of esters is 1. The number of fused-ring (bicyclic) bond motifs is 1. The minimum atomic E-state index is -2.05. The van der Waals surface area contributed by atoms with Gasteiger partial charge < -0.3 is 77.6 Å². The van der Waals surface area contributed by atoms with Crippen molar-refractivity contribution in [2.24, 2.45) is 28.8 Å². The Bertz CT molecular complexity index is 2090. The summed E-state index contributed by atoms with van der Waals surface area (Å²) in [7, 11) is 8.11. The van der Waals surface area contributed by atoms with Crippen molar-refractivity contribution in [3.63, 3.8) is 0 Å². The second kappa shape index (κ2) is 22.3. The Labute approximate surface area is 399 Å². The lowest BCUT2D eigenvalue weighted by atomic mass is 9.73. The van der Waals surface area contributed by atoms with E-state index in [1.165, 1.54) is 40.4 Å². The number of rotatable bonds is 12. The number of carbonyl (C=O) groups is 1. The molecule has 0 bridgehead atoms. The van der Waals surface area contributed by atoms with Gasteiger partial charge in [-0.15, -0.1) is 0 Å². The summed E-state index contributed by atoms with van der Waals surface area (Å²) in [5.41, 5.74) is -4.82. The number of hydrogen-bond donors (Lipinski definition) is 5. The first-order valence-corrected chi connectivity index (χ1v) is 23.7. The molecule has 5 N–H and O–H groups in total. The van der Waals surface area contributed by atoms with Gasteiger partial charge in [0.25, 0.3) is 0 Å². The zero-order valence-electron chi connectivity index (χ0n) is 42.5. The van der Waals surface area contributed by atoms with E-state index in [4.69, 9.17) is 47.1 Å². The molecule has 5 rings (SSSR count). The summed E-state index contributed by atoms with van der Waals surface area (Å²) in [6.45, 7) is 16.5. The van der Waals surface area contributed by atoms with E-state index < -0.39 is 107 Å². The fourth-order valence-electron chi connectivity index (χ4n) is 10.4. The van der Waals surface area contributed by atoms with E-state index in [1.54, 1.807) is 61.5 Å². The van der Waals surface area contributed by atoms with Gasteiger partial charge in [0, 0.05) is 60.4 Å². The van der Waals surface area contributed by atoms with Crippen molar-refractivity contribution >= 4 is 22.7 Å². The fourth-order valence-corrected chi connectivity index (χ4v) is 10.4. The molecule has 3 aliphatic heterocycles. The largest absolute Gasteiger partial charge is 0.493 e. The molecule has 19 heteroatoms. The smallest absolute Gasteiger partial charge is 0.336 e. The van der Waals surface area contributed by atoms with Gasteiger partial charge in [0.2, 0.25) is 0 Å². The number of likely N-dealkylation sites (N-methyl/N-ethyl adjacent to an activating group) is 1. The molecule has 0 aliphatic carbocycles. The van der Waals surface area contributed by atoms with Gasteiger partial charge in [-0.1, -0.05) is 32.9 Å². The number of cyclic esters (lactones) is 1. The zero-order chi connectivity index (χ0) is 50.8.